The lowest BCUT2D eigenvalue weighted by molar-refractivity contribution is -0.141. The first kappa shape index (κ1) is 13.9. The Morgan fingerprint density at radius 1 is 1.23 bits per heavy atom. The second-order valence-electron chi connectivity index (χ2n) is 4.79. The molecule has 5 nitrogen and oxygen atoms in total. The molecule has 3 rings (SSSR count). The molecule has 1 amide bonds. The number of benzene rings is 2. The highest BCUT2D eigenvalue weighted by atomic mass is 19.1. The van der Waals surface area contributed by atoms with Crippen LogP contribution in [0.25, 0.3) is 11.1 Å². The molecule has 1 atom stereocenters. The summed E-state index contributed by atoms with van der Waals surface area (Å²) in [7, 11) is 0. The van der Waals surface area contributed by atoms with Gasteiger partial charge in [0, 0.05) is 23.0 Å². The number of hydrogen-bond donors (Lipinski definition) is 2. The Bertz CT molecular complexity index is 802. The second-order valence-corrected chi connectivity index (χ2v) is 4.79. The first-order chi connectivity index (χ1) is 10.6. The largest absolute Gasteiger partial charge is 0.479 e. The van der Waals surface area contributed by atoms with E-state index >= 15 is 0 Å². The number of aliphatic carboxylic acids is 1. The molecule has 6 heteroatoms. The number of carboxylic acids is 1. The van der Waals surface area contributed by atoms with Gasteiger partial charge in [-0.15, -0.1) is 0 Å². The van der Waals surface area contributed by atoms with E-state index in [4.69, 9.17) is 5.11 Å². The summed E-state index contributed by atoms with van der Waals surface area (Å²) in [5, 5.41) is 11.5. The average Bonchev–Trinajstić information content (AvgIpc) is 2.65. The van der Waals surface area contributed by atoms with Crippen molar-refractivity contribution in [1.82, 2.24) is 0 Å². The van der Waals surface area contributed by atoms with E-state index in [2.05, 4.69) is 10.3 Å². The maximum Gasteiger partial charge on any atom is 0.338 e. The standard InChI is InChI=1S/C16H11FN2O3/c17-12-4-2-1-3-11(12)9-5-6-13-10(7-9)8-18-14(16(21)22)15(20)19-13/h1-8,14H,(H,19,20)(H,21,22). The van der Waals surface area contributed by atoms with Gasteiger partial charge in [-0.25, -0.2) is 9.18 Å². The van der Waals surface area contributed by atoms with Crippen LogP contribution < -0.4 is 5.32 Å². The summed E-state index contributed by atoms with van der Waals surface area (Å²) in [5.41, 5.74) is 2.01. The van der Waals surface area contributed by atoms with Gasteiger partial charge in [-0.3, -0.25) is 9.79 Å². The van der Waals surface area contributed by atoms with Crippen molar-refractivity contribution in [1.29, 1.82) is 0 Å². The smallest absolute Gasteiger partial charge is 0.338 e. The second kappa shape index (κ2) is 5.40. The molecule has 0 aromatic heterocycles. The van der Waals surface area contributed by atoms with E-state index in [1.54, 1.807) is 36.4 Å². The summed E-state index contributed by atoms with van der Waals surface area (Å²) >= 11 is 0. The Kier molecular flexibility index (Phi) is 3.42. The molecule has 0 saturated carbocycles. The molecule has 1 unspecified atom stereocenters. The lowest BCUT2D eigenvalue weighted by atomic mass is 10.0. The Morgan fingerprint density at radius 2 is 2.00 bits per heavy atom. The summed E-state index contributed by atoms with van der Waals surface area (Å²) in [6.45, 7) is 0. The molecule has 0 bridgehead atoms. The van der Waals surface area contributed by atoms with Gasteiger partial charge in [0.05, 0.1) is 0 Å². The zero-order chi connectivity index (χ0) is 15.7. The monoisotopic (exact) mass is 298 g/mol. The van der Waals surface area contributed by atoms with Gasteiger partial charge in [0.1, 0.15) is 5.82 Å². The molecule has 0 radical (unpaired) electrons. The maximum absolute atomic E-state index is 13.8. The molecule has 2 aromatic rings. The number of rotatable bonds is 2. The first-order valence-corrected chi connectivity index (χ1v) is 6.52. The van der Waals surface area contributed by atoms with Crippen LogP contribution in [0.5, 0.6) is 0 Å². The van der Waals surface area contributed by atoms with Crippen molar-refractivity contribution in [3.8, 4) is 11.1 Å². The van der Waals surface area contributed by atoms with Gasteiger partial charge in [-0.1, -0.05) is 24.3 Å². The van der Waals surface area contributed by atoms with Crippen LogP contribution in [0, 0.1) is 5.82 Å². The van der Waals surface area contributed by atoms with E-state index in [0.717, 1.165) is 0 Å². The number of carboxylic acid groups (broad SMARTS) is 1. The highest BCUT2D eigenvalue weighted by Gasteiger charge is 2.27. The van der Waals surface area contributed by atoms with E-state index < -0.39 is 17.9 Å². The van der Waals surface area contributed by atoms with Gasteiger partial charge in [0.15, 0.2) is 0 Å². The molecule has 2 N–H and O–H groups in total. The summed E-state index contributed by atoms with van der Waals surface area (Å²) in [5.74, 6) is -2.39. The van der Waals surface area contributed by atoms with Crippen LogP contribution in [0.2, 0.25) is 0 Å². The zero-order valence-corrected chi connectivity index (χ0v) is 11.3. The SMILES string of the molecule is O=C(O)C1N=Cc2cc(-c3ccccc3F)ccc2NC1=O. The normalized spacial score (nSPS) is 16.6. The Morgan fingerprint density at radius 3 is 2.73 bits per heavy atom. The molecule has 0 saturated heterocycles. The van der Waals surface area contributed by atoms with Crippen molar-refractivity contribution in [2.24, 2.45) is 4.99 Å². The van der Waals surface area contributed by atoms with E-state index in [1.807, 2.05) is 0 Å². The molecule has 0 aliphatic carbocycles. The third-order valence-electron chi connectivity index (χ3n) is 3.34. The predicted molar refractivity (Wildman–Crippen MR) is 79.5 cm³/mol. The number of nitrogens with zero attached hydrogens (tertiary/aromatic N) is 1. The van der Waals surface area contributed by atoms with Crippen molar-refractivity contribution >= 4 is 23.8 Å². The van der Waals surface area contributed by atoms with Gasteiger partial charge >= 0.3 is 5.97 Å². The van der Waals surface area contributed by atoms with Gasteiger partial charge in [-0.2, -0.15) is 0 Å². The number of fused-ring (bicyclic) bond motifs is 1. The van der Waals surface area contributed by atoms with E-state index in [-0.39, 0.29) is 5.82 Å². The fourth-order valence-electron chi connectivity index (χ4n) is 2.25. The number of hydrogen-bond acceptors (Lipinski definition) is 3. The number of anilines is 1. The minimum atomic E-state index is -1.48. The fraction of sp³-hybridized carbons (Fsp3) is 0.0625. The highest BCUT2D eigenvalue weighted by Crippen LogP contribution is 2.27. The summed E-state index contributed by atoms with van der Waals surface area (Å²) in [6, 6.07) is 9.76. The lowest BCUT2D eigenvalue weighted by Gasteiger charge is -2.09. The predicted octanol–water partition coefficient (Wildman–Crippen LogP) is 2.32. The maximum atomic E-state index is 13.8. The third-order valence-corrected chi connectivity index (χ3v) is 3.34. The van der Waals surface area contributed by atoms with Gasteiger partial charge in [0.2, 0.25) is 6.04 Å². The first-order valence-electron chi connectivity index (χ1n) is 6.52. The van der Waals surface area contributed by atoms with Crippen molar-refractivity contribution in [3.63, 3.8) is 0 Å². The van der Waals surface area contributed by atoms with Gasteiger partial charge in [0.25, 0.3) is 5.91 Å². The average molecular weight is 298 g/mol. The molecule has 0 fully saturated rings. The Hall–Kier alpha value is -3.02. The Labute approximate surface area is 125 Å². The number of carbonyl (C=O) groups is 2. The van der Waals surface area contributed by atoms with Crippen LogP contribution in [0.1, 0.15) is 5.56 Å². The highest BCUT2D eigenvalue weighted by molar-refractivity contribution is 6.12. The van der Waals surface area contributed by atoms with Crippen molar-refractivity contribution in [2.45, 2.75) is 6.04 Å². The molecule has 2 aromatic carbocycles. The van der Waals surface area contributed by atoms with Gasteiger partial charge < -0.3 is 10.4 Å². The molecule has 22 heavy (non-hydrogen) atoms. The van der Waals surface area contributed by atoms with E-state index in [0.29, 0.717) is 22.4 Å². The van der Waals surface area contributed by atoms with E-state index in [9.17, 15) is 14.0 Å². The lowest BCUT2D eigenvalue weighted by Crippen LogP contribution is -2.32. The molecule has 1 aliphatic rings. The van der Waals surface area contributed by atoms with Crippen molar-refractivity contribution < 1.29 is 19.1 Å². The number of carbonyl (C=O) groups excluding carboxylic acids is 1. The minimum absolute atomic E-state index is 0.361. The summed E-state index contributed by atoms with van der Waals surface area (Å²) in [6.07, 6.45) is 1.32. The fourth-order valence-corrected chi connectivity index (χ4v) is 2.25. The number of benzodiazepines with no additional fused rings is 1. The molecular weight excluding hydrogens is 287 g/mol. The van der Waals surface area contributed by atoms with Crippen LogP contribution in [-0.2, 0) is 9.59 Å². The molecule has 1 aliphatic heterocycles. The van der Waals surface area contributed by atoms with Crippen molar-refractivity contribution in [3.05, 3.63) is 53.8 Å². The topological polar surface area (TPSA) is 78.8 Å². The minimum Gasteiger partial charge on any atom is -0.479 e. The zero-order valence-electron chi connectivity index (χ0n) is 11.3. The molecule has 1 heterocycles. The number of amides is 1. The van der Waals surface area contributed by atoms with Crippen LogP contribution in [0.4, 0.5) is 10.1 Å². The molecule has 110 valence electrons. The van der Waals surface area contributed by atoms with Crippen LogP contribution in [-0.4, -0.2) is 29.2 Å². The molecule has 0 spiro atoms. The number of aliphatic imine (C=N–C) groups is 1. The van der Waals surface area contributed by atoms with Crippen molar-refractivity contribution in [2.75, 3.05) is 5.32 Å². The van der Waals surface area contributed by atoms with Crippen LogP contribution >= 0.6 is 0 Å². The van der Waals surface area contributed by atoms with Crippen LogP contribution in [0.3, 0.4) is 0 Å². The molecular formula is C16H11FN2O3. The van der Waals surface area contributed by atoms with Gasteiger partial charge in [-0.05, 0) is 23.8 Å². The van der Waals surface area contributed by atoms with E-state index in [1.165, 1.54) is 12.3 Å². The summed E-state index contributed by atoms with van der Waals surface area (Å²) < 4.78 is 13.8. The number of halogens is 1. The quantitative estimate of drug-likeness (QED) is 0.835. The summed E-state index contributed by atoms with van der Waals surface area (Å²) in [4.78, 5) is 26.5. The third kappa shape index (κ3) is 2.46. The number of nitrogens with one attached hydrogen (secondary N) is 1. The Balaban J connectivity index is 2.05. The van der Waals surface area contributed by atoms with Crippen LogP contribution in [0.15, 0.2) is 47.5 Å².